The van der Waals surface area contributed by atoms with Gasteiger partial charge in [0.05, 0.1) is 17.0 Å². The van der Waals surface area contributed by atoms with Crippen LogP contribution in [0.1, 0.15) is 35.3 Å². The van der Waals surface area contributed by atoms with Crippen molar-refractivity contribution in [3.05, 3.63) is 47.2 Å². The third-order valence-corrected chi connectivity index (χ3v) is 7.22. The molecule has 2 saturated heterocycles. The molecular weight excluding hydrogens is 456 g/mol. The highest BCUT2D eigenvalue weighted by molar-refractivity contribution is 7.90. The highest BCUT2D eigenvalue weighted by Gasteiger charge is 2.39. The van der Waals surface area contributed by atoms with Crippen LogP contribution in [0.2, 0.25) is 0 Å². The van der Waals surface area contributed by atoms with E-state index in [1.807, 2.05) is 20.0 Å². The minimum absolute atomic E-state index is 0.0917. The summed E-state index contributed by atoms with van der Waals surface area (Å²) >= 11 is 0. The summed E-state index contributed by atoms with van der Waals surface area (Å²) in [5.41, 5.74) is 1.99. The van der Waals surface area contributed by atoms with E-state index in [-0.39, 0.29) is 22.9 Å². The second kappa shape index (κ2) is 8.57. The number of aryl methyl sites for hydroxylation is 2. The first-order valence-corrected chi connectivity index (χ1v) is 13.1. The van der Waals surface area contributed by atoms with Gasteiger partial charge in [0.15, 0.2) is 9.84 Å². The normalized spacial score (nSPS) is 18.3. The van der Waals surface area contributed by atoms with Crippen LogP contribution in [0.3, 0.4) is 0 Å². The lowest BCUT2D eigenvalue weighted by atomic mass is 10.1. The topological polar surface area (TPSA) is 100 Å². The van der Waals surface area contributed by atoms with Gasteiger partial charge in [-0.25, -0.2) is 18.2 Å². The van der Waals surface area contributed by atoms with E-state index in [2.05, 4.69) is 16.0 Å². The van der Waals surface area contributed by atoms with Gasteiger partial charge in [0.1, 0.15) is 11.4 Å². The van der Waals surface area contributed by atoms with Crippen LogP contribution in [0, 0.1) is 13.8 Å². The molecule has 0 bridgehead atoms. The van der Waals surface area contributed by atoms with Crippen molar-refractivity contribution in [3.8, 4) is 0 Å². The van der Waals surface area contributed by atoms with Gasteiger partial charge in [0.2, 0.25) is 0 Å². The molecule has 9 nitrogen and oxygen atoms in total. The molecular formula is C24H30N4O5S. The summed E-state index contributed by atoms with van der Waals surface area (Å²) in [5.74, 6) is 0.559. The third kappa shape index (κ3) is 4.72. The lowest BCUT2D eigenvalue weighted by Crippen LogP contribution is -2.49. The molecule has 1 aromatic carbocycles. The van der Waals surface area contributed by atoms with E-state index in [4.69, 9.17) is 4.74 Å². The predicted molar refractivity (Wildman–Crippen MR) is 129 cm³/mol. The van der Waals surface area contributed by atoms with Gasteiger partial charge >= 0.3 is 6.09 Å². The minimum Gasteiger partial charge on any atom is -0.441 e. The number of carbonyl (C=O) groups is 2. The number of amides is 2. The Morgan fingerprint density at radius 3 is 2.32 bits per heavy atom. The number of hydrogen-bond acceptors (Lipinski definition) is 7. The lowest BCUT2D eigenvalue weighted by Gasteiger charge is -2.36. The minimum atomic E-state index is -3.73. The van der Waals surface area contributed by atoms with E-state index in [0.717, 1.165) is 23.2 Å². The fraction of sp³-hybridized carbons (Fsp3) is 0.458. The summed E-state index contributed by atoms with van der Waals surface area (Å²) in [6.07, 6.45) is 2.36. The number of rotatable bonds is 4. The van der Waals surface area contributed by atoms with Gasteiger partial charge in [-0.15, -0.1) is 0 Å². The number of cyclic esters (lactones) is 1. The molecule has 1 aromatic heterocycles. The van der Waals surface area contributed by atoms with Gasteiger partial charge in [-0.3, -0.25) is 9.69 Å². The third-order valence-electron chi connectivity index (χ3n) is 6.08. The van der Waals surface area contributed by atoms with E-state index in [9.17, 15) is 18.0 Å². The number of hydrogen-bond donors (Lipinski definition) is 0. The van der Waals surface area contributed by atoms with Crippen molar-refractivity contribution in [3.63, 3.8) is 0 Å². The smallest absolute Gasteiger partial charge is 0.415 e. The van der Waals surface area contributed by atoms with Crippen LogP contribution in [-0.4, -0.2) is 74.9 Å². The van der Waals surface area contributed by atoms with Crippen LogP contribution < -0.4 is 9.80 Å². The van der Waals surface area contributed by atoms with Gasteiger partial charge in [0.25, 0.3) is 5.91 Å². The molecule has 182 valence electrons. The van der Waals surface area contributed by atoms with E-state index in [1.54, 1.807) is 24.8 Å². The average molecular weight is 487 g/mol. The Morgan fingerprint density at radius 1 is 1.09 bits per heavy atom. The number of benzene rings is 1. The largest absolute Gasteiger partial charge is 0.441 e. The number of sulfone groups is 1. The van der Waals surface area contributed by atoms with Crippen LogP contribution in [0.4, 0.5) is 16.3 Å². The fourth-order valence-corrected chi connectivity index (χ4v) is 5.35. The molecule has 34 heavy (non-hydrogen) atoms. The average Bonchev–Trinajstić information content (AvgIpc) is 3.04. The first-order valence-electron chi connectivity index (χ1n) is 11.2. The first-order chi connectivity index (χ1) is 15.9. The molecule has 0 atom stereocenters. The zero-order valence-corrected chi connectivity index (χ0v) is 21.0. The summed E-state index contributed by atoms with van der Waals surface area (Å²) in [6.45, 7) is 9.98. The molecule has 2 fully saturated rings. The monoisotopic (exact) mass is 486 g/mol. The predicted octanol–water partition coefficient (Wildman–Crippen LogP) is 2.80. The molecule has 3 heterocycles. The second-order valence-electron chi connectivity index (χ2n) is 9.60. The zero-order chi connectivity index (χ0) is 24.8. The molecule has 2 amide bonds. The second-order valence-corrected chi connectivity index (χ2v) is 11.6. The van der Waals surface area contributed by atoms with E-state index in [0.29, 0.717) is 31.9 Å². The standard InChI is InChI=1S/C24H30N4O5S/c1-16-12-17(2)21(25-14-16)26-8-10-27(11-9-26)22(29)19-7-6-18(13-20(19)34(5,31)32)28-15-24(3,4)33-23(28)30/h6-7,12-14H,8-11,15H2,1-5H3. The molecule has 0 radical (unpaired) electrons. The van der Waals surface area contributed by atoms with Crippen molar-refractivity contribution in [1.82, 2.24) is 9.88 Å². The number of nitrogens with zero attached hydrogens (tertiary/aromatic N) is 4. The summed E-state index contributed by atoms with van der Waals surface area (Å²) in [7, 11) is -3.73. The molecule has 2 aliphatic heterocycles. The molecule has 4 rings (SSSR count). The Balaban J connectivity index is 1.56. The van der Waals surface area contributed by atoms with Crippen LogP contribution in [-0.2, 0) is 14.6 Å². The Hall–Kier alpha value is -3.14. The maximum atomic E-state index is 13.3. The van der Waals surface area contributed by atoms with Crippen molar-refractivity contribution >= 4 is 33.3 Å². The van der Waals surface area contributed by atoms with Gasteiger partial charge in [-0.2, -0.15) is 0 Å². The Kier molecular flexibility index (Phi) is 6.05. The van der Waals surface area contributed by atoms with Crippen molar-refractivity contribution in [2.45, 2.75) is 38.2 Å². The molecule has 0 saturated carbocycles. The summed E-state index contributed by atoms with van der Waals surface area (Å²) < 4.78 is 30.5. The summed E-state index contributed by atoms with van der Waals surface area (Å²) in [6, 6.07) is 6.56. The number of anilines is 2. The van der Waals surface area contributed by atoms with Crippen molar-refractivity contribution in [2.24, 2.45) is 0 Å². The number of aromatic nitrogens is 1. The van der Waals surface area contributed by atoms with Crippen LogP contribution in [0.15, 0.2) is 35.4 Å². The Morgan fingerprint density at radius 2 is 1.76 bits per heavy atom. The van der Waals surface area contributed by atoms with Gasteiger partial charge < -0.3 is 14.5 Å². The summed E-state index contributed by atoms with van der Waals surface area (Å²) in [4.78, 5) is 35.3. The molecule has 0 spiro atoms. The number of carbonyl (C=O) groups excluding carboxylic acids is 2. The lowest BCUT2D eigenvalue weighted by molar-refractivity contribution is 0.0742. The van der Waals surface area contributed by atoms with Gasteiger partial charge in [-0.05, 0) is 57.0 Å². The quantitative estimate of drug-likeness (QED) is 0.655. The molecule has 2 aliphatic rings. The zero-order valence-electron chi connectivity index (χ0n) is 20.2. The van der Waals surface area contributed by atoms with Gasteiger partial charge in [-0.1, -0.05) is 6.07 Å². The maximum absolute atomic E-state index is 13.3. The van der Waals surface area contributed by atoms with E-state index in [1.165, 1.54) is 17.0 Å². The van der Waals surface area contributed by atoms with E-state index < -0.39 is 21.5 Å². The van der Waals surface area contributed by atoms with Crippen LogP contribution in [0.25, 0.3) is 0 Å². The highest BCUT2D eigenvalue weighted by atomic mass is 32.2. The Bertz CT molecular complexity index is 1250. The fourth-order valence-electron chi connectivity index (χ4n) is 4.46. The van der Waals surface area contributed by atoms with Crippen molar-refractivity contribution in [1.29, 1.82) is 0 Å². The number of piperazine rings is 1. The van der Waals surface area contributed by atoms with Crippen molar-refractivity contribution < 1.29 is 22.7 Å². The SMILES string of the molecule is Cc1cnc(N2CCN(C(=O)c3ccc(N4CC(C)(C)OC4=O)cc3S(C)(=O)=O)CC2)c(C)c1. The van der Waals surface area contributed by atoms with Crippen LogP contribution >= 0.6 is 0 Å². The first kappa shape index (κ1) is 24.0. The Labute approximate surface area is 200 Å². The molecule has 0 unspecified atom stereocenters. The van der Waals surface area contributed by atoms with Crippen LogP contribution in [0.5, 0.6) is 0 Å². The molecule has 0 aliphatic carbocycles. The molecule has 0 N–H and O–H groups in total. The highest BCUT2D eigenvalue weighted by Crippen LogP contribution is 2.31. The van der Waals surface area contributed by atoms with Crippen molar-refractivity contribution in [2.75, 3.05) is 48.8 Å². The summed E-state index contributed by atoms with van der Waals surface area (Å²) in [5, 5.41) is 0. The number of ether oxygens (including phenoxy) is 1. The molecule has 10 heteroatoms. The van der Waals surface area contributed by atoms with E-state index >= 15 is 0 Å². The maximum Gasteiger partial charge on any atom is 0.415 e. The number of pyridine rings is 1. The molecule has 2 aromatic rings. The van der Waals surface area contributed by atoms with Gasteiger partial charge in [0, 0.05) is 44.3 Å².